The Labute approximate surface area is 134 Å². The summed E-state index contributed by atoms with van der Waals surface area (Å²) in [5.74, 6) is -0.124. The highest BCUT2D eigenvalue weighted by Gasteiger charge is 2.15. The summed E-state index contributed by atoms with van der Waals surface area (Å²) in [5.41, 5.74) is 1.92. The second-order valence-electron chi connectivity index (χ2n) is 5.40. The van der Waals surface area contributed by atoms with Crippen LogP contribution < -0.4 is 5.32 Å². The number of para-hydroxylation sites is 1. The molecule has 1 heterocycles. The Balaban J connectivity index is 1.72. The first-order valence-electron chi connectivity index (χ1n) is 7.63. The minimum absolute atomic E-state index is 0.0184. The highest BCUT2D eigenvalue weighted by Crippen LogP contribution is 2.17. The highest BCUT2D eigenvalue weighted by molar-refractivity contribution is 5.82. The lowest BCUT2D eigenvalue weighted by atomic mass is 10.0. The predicted molar refractivity (Wildman–Crippen MR) is 88.8 cm³/mol. The van der Waals surface area contributed by atoms with Gasteiger partial charge in [0.15, 0.2) is 0 Å². The molecule has 118 valence electrons. The van der Waals surface area contributed by atoms with Crippen LogP contribution in [0.2, 0.25) is 0 Å². The fourth-order valence-corrected chi connectivity index (χ4v) is 2.66. The minimum Gasteiger partial charge on any atom is -0.396 e. The molecule has 0 fully saturated rings. The minimum atomic E-state index is -0.199. The molecule has 0 saturated heterocycles. The van der Waals surface area contributed by atoms with Crippen molar-refractivity contribution in [3.05, 3.63) is 66.4 Å². The molecule has 0 saturated carbocycles. The van der Waals surface area contributed by atoms with Gasteiger partial charge in [0, 0.05) is 12.0 Å². The van der Waals surface area contributed by atoms with Crippen LogP contribution in [-0.2, 0) is 11.3 Å². The Morgan fingerprint density at radius 2 is 1.87 bits per heavy atom. The van der Waals surface area contributed by atoms with E-state index in [-0.39, 0.29) is 25.1 Å². The van der Waals surface area contributed by atoms with Crippen LogP contribution in [0.4, 0.5) is 0 Å². The van der Waals surface area contributed by atoms with Crippen LogP contribution in [-0.4, -0.2) is 27.4 Å². The second kappa shape index (κ2) is 7.07. The first-order valence-corrected chi connectivity index (χ1v) is 7.63. The summed E-state index contributed by atoms with van der Waals surface area (Å²) >= 11 is 0. The van der Waals surface area contributed by atoms with Crippen LogP contribution in [0.15, 0.2) is 60.8 Å². The van der Waals surface area contributed by atoms with E-state index in [1.54, 1.807) is 10.9 Å². The van der Waals surface area contributed by atoms with Crippen molar-refractivity contribution in [1.29, 1.82) is 0 Å². The summed E-state index contributed by atoms with van der Waals surface area (Å²) in [6, 6.07) is 17.3. The second-order valence-corrected chi connectivity index (χ2v) is 5.40. The van der Waals surface area contributed by atoms with Gasteiger partial charge in [-0.25, -0.2) is 0 Å². The molecular weight excluding hydrogens is 290 g/mol. The molecule has 1 unspecified atom stereocenters. The van der Waals surface area contributed by atoms with E-state index in [1.807, 2.05) is 54.6 Å². The molecule has 5 nitrogen and oxygen atoms in total. The molecule has 0 aliphatic carbocycles. The molecule has 3 rings (SSSR count). The first-order chi connectivity index (χ1) is 11.3. The van der Waals surface area contributed by atoms with Crippen molar-refractivity contribution < 1.29 is 9.90 Å². The third-order valence-electron chi connectivity index (χ3n) is 3.80. The van der Waals surface area contributed by atoms with Gasteiger partial charge >= 0.3 is 0 Å². The van der Waals surface area contributed by atoms with Gasteiger partial charge in [-0.2, -0.15) is 5.10 Å². The van der Waals surface area contributed by atoms with Crippen LogP contribution in [0, 0.1) is 0 Å². The molecule has 0 radical (unpaired) electrons. The molecule has 1 amide bonds. The summed E-state index contributed by atoms with van der Waals surface area (Å²) in [5, 5.41) is 17.5. The maximum Gasteiger partial charge on any atom is 0.242 e. The number of amides is 1. The Morgan fingerprint density at radius 3 is 2.65 bits per heavy atom. The molecule has 2 aromatic carbocycles. The number of aliphatic hydroxyl groups is 1. The van der Waals surface area contributed by atoms with Gasteiger partial charge in [0.05, 0.1) is 17.8 Å². The van der Waals surface area contributed by atoms with Crippen LogP contribution in [0.1, 0.15) is 18.0 Å². The first kappa shape index (κ1) is 15.2. The zero-order valence-corrected chi connectivity index (χ0v) is 12.7. The average molecular weight is 309 g/mol. The number of nitrogens with zero attached hydrogens (tertiary/aromatic N) is 2. The van der Waals surface area contributed by atoms with Crippen molar-refractivity contribution in [2.45, 2.75) is 19.0 Å². The molecule has 1 aromatic heterocycles. The Bertz CT molecular complexity index is 783. The molecule has 2 N–H and O–H groups in total. The Morgan fingerprint density at radius 1 is 1.13 bits per heavy atom. The SMILES string of the molecule is O=C(Cn1ncc2ccccc21)NC(CCO)c1ccccc1. The summed E-state index contributed by atoms with van der Waals surface area (Å²) in [7, 11) is 0. The van der Waals surface area contributed by atoms with E-state index < -0.39 is 0 Å². The zero-order valence-electron chi connectivity index (χ0n) is 12.7. The van der Waals surface area contributed by atoms with Gasteiger partial charge < -0.3 is 10.4 Å². The average Bonchev–Trinajstić information content (AvgIpc) is 2.98. The lowest BCUT2D eigenvalue weighted by Crippen LogP contribution is -2.32. The van der Waals surface area contributed by atoms with E-state index in [0.717, 1.165) is 16.5 Å². The van der Waals surface area contributed by atoms with Gasteiger partial charge in [0.2, 0.25) is 5.91 Å². The van der Waals surface area contributed by atoms with Gasteiger partial charge in [0.1, 0.15) is 6.54 Å². The van der Waals surface area contributed by atoms with E-state index in [1.165, 1.54) is 0 Å². The fourth-order valence-electron chi connectivity index (χ4n) is 2.66. The van der Waals surface area contributed by atoms with Gasteiger partial charge in [-0.15, -0.1) is 0 Å². The number of carbonyl (C=O) groups is 1. The van der Waals surface area contributed by atoms with Crippen molar-refractivity contribution in [1.82, 2.24) is 15.1 Å². The topological polar surface area (TPSA) is 67.2 Å². The number of benzene rings is 2. The predicted octanol–water partition coefficient (Wildman–Crippen LogP) is 2.28. The lowest BCUT2D eigenvalue weighted by Gasteiger charge is -2.18. The smallest absolute Gasteiger partial charge is 0.242 e. The fraction of sp³-hybridized carbons (Fsp3) is 0.222. The number of hydrogen-bond donors (Lipinski definition) is 2. The summed E-state index contributed by atoms with van der Waals surface area (Å²) in [4.78, 5) is 12.4. The molecule has 3 aromatic rings. The maximum atomic E-state index is 12.4. The van der Waals surface area contributed by atoms with Gasteiger partial charge in [-0.3, -0.25) is 9.48 Å². The largest absolute Gasteiger partial charge is 0.396 e. The number of nitrogens with one attached hydrogen (secondary N) is 1. The standard InChI is InChI=1S/C18H19N3O2/c22-11-10-16(14-6-2-1-3-7-14)20-18(23)13-21-17-9-5-4-8-15(17)12-19-21/h1-9,12,16,22H,10-11,13H2,(H,20,23). The molecule has 0 spiro atoms. The number of fused-ring (bicyclic) bond motifs is 1. The summed E-state index contributed by atoms with van der Waals surface area (Å²) in [6.45, 7) is 0.173. The lowest BCUT2D eigenvalue weighted by molar-refractivity contribution is -0.122. The van der Waals surface area contributed by atoms with Crippen LogP contribution in [0.3, 0.4) is 0 Å². The van der Waals surface area contributed by atoms with E-state index in [9.17, 15) is 9.90 Å². The molecular formula is C18H19N3O2. The molecule has 1 atom stereocenters. The number of carbonyl (C=O) groups excluding carboxylic acids is 1. The molecule has 0 bridgehead atoms. The number of hydrogen-bond acceptors (Lipinski definition) is 3. The third-order valence-corrected chi connectivity index (χ3v) is 3.80. The zero-order chi connectivity index (χ0) is 16.1. The Kier molecular flexibility index (Phi) is 4.68. The van der Waals surface area contributed by atoms with Crippen LogP contribution in [0.5, 0.6) is 0 Å². The normalized spacial score (nSPS) is 12.2. The van der Waals surface area contributed by atoms with Crippen molar-refractivity contribution in [3.8, 4) is 0 Å². The number of rotatable bonds is 6. The van der Waals surface area contributed by atoms with Gasteiger partial charge in [0.25, 0.3) is 0 Å². The summed E-state index contributed by atoms with van der Waals surface area (Å²) < 4.78 is 1.69. The van der Waals surface area contributed by atoms with Crippen LogP contribution in [0.25, 0.3) is 10.9 Å². The molecule has 0 aliphatic rings. The van der Waals surface area contributed by atoms with E-state index in [2.05, 4.69) is 10.4 Å². The van der Waals surface area contributed by atoms with Crippen molar-refractivity contribution in [3.63, 3.8) is 0 Å². The molecule has 5 heteroatoms. The molecule has 0 aliphatic heterocycles. The quantitative estimate of drug-likeness (QED) is 0.734. The number of aromatic nitrogens is 2. The third kappa shape index (κ3) is 3.57. The van der Waals surface area contributed by atoms with Gasteiger partial charge in [-0.05, 0) is 18.1 Å². The monoisotopic (exact) mass is 309 g/mol. The van der Waals surface area contributed by atoms with E-state index >= 15 is 0 Å². The maximum absolute atomic E-state index is 12.4. The Hall–Kier alpha value is -2.66. The van der Waals surface area contributed by atoms with E-state index in [0.29, 0.717) is 6.42 Å². The van der Waals surface area contributed by atoms with Crippen LogP contribution >= 0.6 is 0 Å². The number of aliphatic hydroxyl groups excluding tert-OH is 1. The van der Waals surface area contributed by atoms with E-state index in [4.69, 9.17) is 0 Å². The van der Waals surface area contributed by atoms with Crippen molar-refractivity contribution in [2.24, 2.45) is 0 Å². The van der Waals surface area contributed by atoms with Crippen molar-refractivity contribution in [2.75, 3.05) is 6.61 Å². The van der Waals surface area contributed by atoms with Gasteiger partial charge in [-0.1, -0.05) is 48.5 Å². The molecule has 23 heavy (non-hydrogen) atoms. The van der Waals surface area contributed by atoms with Crippen molar-refractivity contribution >= 4 is 16.8 Å². The highest BCUT2D eigenvalue weighted by atomic mass is 16.3. The summed E-state index contributed by atoms with van der Waals surface area (Å²) in [6.07, 6.45) is 2.24.